The summed E-state index contributed by atoms with van der Waals surface area (Å²) in [4.78, 5) is 12.2. The van der Waals surface area contributed by atoms with Gasteiger partial charge in [0.15, 0.2) is 0 Å². The van der Waals surface area contributed by atoms with Crippen LogP contribution in [0.5, 0.6) is 0 Å². The highest BCUT2D eigenvalue weighted by Gasteiger charge is 2.23. The summed E-state index contributed by atoms with van der Waals surface area (Å²) in [6, 6.07) is 7.23. The molecule has 0 spiro atoms. The first kappa shape index (κ1) is 17.8. The van der Waals surface area contributed by atoms with Gasteiger partial charge in [-0.2, -0.15) is 4.31 Å². The second-order valence-corrected chi connectivity index (χ2v) is 7.49. The number of rotatable bonds is 8. The van der Waals surface area contributed by atoms with Gasteiger partial charge in [-0.25, -0.2) is 8.42 Å². The number of carbonyl (C=O) groups is 1. The van der Waals surface area contributed by atoms with Crippen LogP contribution < -0.4 is 5.73 Å². The van der Waals surface area contributed by atoms with Crippen LogP contribution >= 0.6 is 11.8 Å². The van der Waals surface area contributed by atoms with Crippen molar-refractivity contribution in [3.05, 3.63) is 24.3 Å². The summed E-state index contributed by atoms with van der Waals surface area (Å²) in [5.74, 6) is -0.191. The Balaban J connectivity index is 2.54. The predicted molar refractivity (Wildman–Crippen MR) is 84.6 cm³/mol. The van der Waals surface area contributed by atoms with Crippen LogP contribution in [-0.2, 0) is 19.6 Å². The average molecular weight is 332 g/mol. The largest absolute Gasteiger partial charge is 0.468 e. The van der Waals surface area contributed by atoms with Gasteiger partial charge in [-0.15, -0.1) is 11.8 Å². The van der Waals surface area contributed by atoms with Gasteiger partial charge in [-0.3, -0.25) is 4.79 Å². The van der Waals surface area contributed by atoms with Gasteiger partial charge in [-0.1, -0.05) is 6.92 Å². The summed E-state index contributed by atoms with van der Waals surface area (Å²) < 4.78 is 29.9. The summed E-state index contributed by atoms with van der Waals surface area (Å²) in [7, 11) is -2.23. The average Bonchev–Trinajstić information content (AvgIpc) is 2.46. The molecule has 1 rings (SSSR count). The van der Waals surface area contributed by atoms with E-state index in [1.54, 1.807) is 19.1 Å². The summed E-state index contributed by atoms with van der Waals surface area (Å²) in [6.45, 7) is 1.68. The first-order chi connectivity index (χ1) is 9.89. The fraction of sp³-hybridized carbons (Fsp3) is 0.462. The van der Waals surface area contributed by atoms with E-state index in [1.807, 2.05) is 12.1 Å². The van der Waals surface area contributed by atoms with E-state index in [1.165, 1.54) is 18.9 Å². The molecule has 21 heavy (non-hydrogen) atoms. The van der Waals surface area contributed by atoms with E-state index in [4.69, 9.17) is 5.73 Å². The number of hydrogen-bond donors (Lipinski definition) is 1. The van der Waals surface area contributed by atoms with Crippen LogP contribution in [0.25, 0.3) is 0 Å². The fourth-order valence-electron chi connectivity index (χ4n) is 1.57. The molecule has 118 valence electrons. The monoisotopic (exact) mass is 332 g/mol. The predicted octanol–water partition coefficient (Wildman–Crippen LogP) is 1.19. The molecular formula is C13H20N2O4S2. The van der Waals surface area contributed by atoms with Crippen molar-refractivity contribution in [3.63, 3.8) is 0 Å². The normalized spacial score (nSPS) is 11.6. The molecule has 0 saturated carbocycles. The maximum absolute atomic E-state index is 12.1. The number of benzene rings is 1. The number of thioether (sulfide) groups is 1. The van der Waals surface area contributed by atoms with Crippen molar-refractivity contribution >= 4 is 33.4 Å². The van der Waals surface area contributed by atoms with Crippen molar-refractivity contribution in [2.45, 2.75) is 11.8 Å². The van der Waals surface area contributed by atoms with Gasteiger partial charge >= 0.3 is 5.97 Å². The molecule has 0 radical (unpaired) electrons. The zero-order valence-corrected chi connectivity index (χ0v) is 13.7. The highest BCUT2D eigenvalue weighted by molar-refractivity contribution is 8.00. The minimum absolute atomic E-state index is 0.0348. The van der Waals surface area contributed by atoms with E-state index in [9.17, 15) is 13.2 Å². The van der Waals surface area contributed by atoms with Crippen LogP contribution in [0.4, 0.5) is 5.69 Å². The minimum Gasteiger partial charge on any atom is -0.468 e. The maximum Gasteiger partial charge on any atom is 0.321 e. The lowest BCUT2D eigenvalue weighted by Crippen LogP contribution is -2.38. The molecule has 0 aliphatic heterocycles. The molecular weight excluding hydrogens is 312 g/mol. The lowest BCUT2D eigenvalue weighted by molar-refractivity contribution is -0.140. The van der Waals surface area contributed by atoms with Gasteiger partial charge in [-0.05, 0) is 24.3 Å². The van der Waals surface area contributed by atoms with E-state index in [0.29, 0.717) is 11.4 Å². The Hall–Kier alpha value is -1.25. The molecule has 0 aliphatic carbocycles. The number of methoxy groups -OCH3 is 1. The highest BCUT2D eigenvalue weighted by atomic mass is 32.2. The molecule has 2 N–H and O–H groups in total. The zero-order chi connectivity index (χ0) is 15.9. The Morgan fingerprint density at radius 3 is 2.48 bits per heavy atom. The number of likely N-dealkylation sites (N-methyl/N-ethyl adjacent to an activating group) is 1. The Morgan fingerprint density at radius 2 is 1.95 bits per heavy atom. The first-order valence-corrected chi connectivity index (χ1v) is 9.01. The molecule has 1 aromatic carbocycles. The van der Waals surface area contributed by atoms with Crippen LogP contribution in [0.2, 0.25) is 0 Å². The third-order valence-corrected chi connectivity index (χ3v) is 5.94. The zero-order valence-electron chi connectivity index (χ0n) is 12.1. The number of nitrogens with two attached hydrogens (primary N) is 1. The minimum atomic E-state index is -3.47. The molecule has 0 aromatic heterocycles. The second kappa shape index (κ2) is 8.26. The number of ether oxygens (including phenoxy) is 1. The highest BCUT2D eigenvalue weighted by Crippen LogP contribution is 2.19. The molecule has 0 heterocycles. The van der Waals surface area contributed by atoms with Gasteiger partial charge in [0.05, 0.1) is 12.9 Å². The van der Waals surface area contributed by atoms with Crippen molar-refractivity contribution < 1.29 is 17.9 Å². The number of esters is 1. The molecule has 0 fully saturated rings. The molecule has 0 amide bonds. The smallest absolute Gasteiger partial charge is 0.321 e. The van der Waals surface area contributed by atoms with E-state index >= 15 is 0 Å². The van der Waals surface area contributed by atoms with E-state index in [2.05, 4.69) is 4.74 Å². The number of nitrogens with zero attached hydrogens (tertiary/aromatic N) is 1. The molecule has 0 saturated heterocycles. The lowest BCUT2D eigenvalue weighted by atomic mass is 10.3. The molecule has 6 nitrogen and oxygen atoms in total. The van der Waals surface area contributed by atoms with Crippen molar-refractivity contribution in [2.24, 2.45) is 0 Å². The van der Waals surface area contributed by atoms with E-state index < -0.39 is 16.0 Å². The molecule has 8 heteroatoms. The third kappa shape index (κ3) is 5.94. The SMILES string of the molecule is CCN(CC(=O)OC)S(=O)(=O)CCSc1ccc(N)cc1. The van der Waals surface area contributed by atoms with Crippen molar-refractivity contribution in [2.75, 3.05) is 37.4 Å². The summed E-state index contributed by atoms with van der Waals surface area (Å²) in [5, 5.41) is 0. The van der Waals surface area contributed by atoms with Crippen LogP contribution in [0.15, 0.2) is 29.2 Å². The quantitative estimate of drug-likeness (QED) is 0.437. The number of sulfonamides is 1. The summed E-state index contributed by atoms with van der Waals surface area (Å²) in [5.41, 5.74) is 6.25. The van der Waals surface area contributed by atoms with Crippen molar-refractivity contribution in [1.82, 2.24) is 4.31 Å². The second-order valence-electron chi connectivity index (χ2n) is 4.24. The molecule has 0 aliphatic rings. The topological polar surface area (TPSA) is 89.7 Å². The fourth-order valence-corrected chi connectivity index (χ4v) is 4.27. The van der Waals surface area contributed by atoms with Crippen molar-refractivity contribution in [3.8, 4) is 0 Å². The van der Waals surface area contributed by atoms with Gasteiger partial charge in [0, 0.05) is 22.9 Å². The number of nitrogen functional groups attached to an aromatic ring is 1. The van der Waals surface area contributed by atoms with Crippen molar-refractivity contribution in [1.29, 1.82) is 0 Å². The number of carbonyl (C=O) groups excluding carboxylic acids is 1. The van der Waals surface area contributed by atoms with Crippen LogP contribution in [0.1, 0.15) is 6.92 Å². The lowest BCUT2D eigenvalue weighted by Gasteiger charge is -2.18. The Morgan fingerprint density at radius 1 is 1.33 bits per heavy atom. The Bertz CT molecular complexity index is 558. The van der Waals surface area contributed by atoms with Crippen LogP contribution in [-0.4, -0.2) is 50.4 Å². The maximum atomic E-state index is 12.1. The molecule has 0 unspecified atom stereocenters. The number of anilines is 1. The van der Waals surface area contributed by atoms with Gasteiger partial charge in [0.25, 0.3) is 0 Å². The third-order valence-electron chi connectivity index (χ3n) is 2.77. The standard InChI is InChI=1S/C13H20N2O4S2/c1-3-15(10-13(16)19-2)21(17,18)9-8-20-12-6-4-11(14)5-7-12/h4-7H,3,8-10,14H2,1-2H3. The van der Waals surface area contributed by atoms with E-state index in [-0.39, 0.29) is 18.8 Å². The Labute approximate surface area is 129 Å². The van der Waals surface area contributed by atoms with Crippen LogP contribution in [0, 0.1) is 0 Å². The first-order valence-electron chi connectivity index (χ1n) is 6.42. The van der Waals surface area contributed by atoms with Crippen LogP contribution in [0.3, 0.4) is 0 Å². The van der Waals surface area contributed by atoms with Gasteiger partial charge < -0.3 is 10.5 Å². The molecule has 1 aromatic rings. The van der Waals surface area contributed by atoms with Gasteiger partial charge in [0.1, 0.15) is 6.54 Å². The molecule has 0 atom stereocenters. The number of hydrogen-bond acceptors (Lipinski definition) is 6. The Kier molecular flexibility index (Phi) is 7.00. The van der Waals surface area contributed by atoms with Gasteiger partial charge in [0.2, 0.25) is 10.0 Å². The molecule has 0 bridgehead atoms. The van der Waals surface area contributed by atoms with E-state index in [0.717, 1.165) is 9.20 Å². The summed E-state index contributed by atoms with van der Waals surface area (Å²) >= 11 is 1.43. The summed E-state index contributed by atoms with van der Waals surface area (Å²) in [6.07, 6.45) is 0.